The maximum atomic E-state index is 10.3. The molecule has 0 radical (unpaired) electrons. The van der Waals surface area contributed by atoms with Gasteiger partial charge in [0.05, 0.1) is 34.9 Å². The number of aromatic amines is 2. The Kier molecular flexibility index (Phi) is 11.6. The van der Waals surface area contributed by atoms with Crippen LogP contribution in [0.1, 0.15) is 41.4 Å². The minimum Gasteiger partial charge on any atom is -0.478 e. The number of benzene rings is 2. The normalized spacial score (nSPS) is 8.94. The molecule has 0 aliphatic rings. The van der Waals surface area contributed by atoms with Crippen LogP contribution in [0.15, 0.2) is 86.0 Å². The molecule has 176 valence electrons. The molecule has 12 heteroatoms. The van der Waals surface area contributed by atoms with E-state index in [2.05, 4.69) is 19.9 Å². The van der Waals surface area contributed by atoms with E-state index >= 15 is 0 Å². The predicted octanol–water partition coefficient (Wildman–Crippen LogP) is 2.99. The number of nitrogens with one attached hydrogen (secondary N) is 2. The summed E-state index contributed by atoms with van der Waals surface area (Å²) >= 11 is 0. The Balaban J connectivity index is 0.000000244. The summed E-state index contributed by atoms with van der Waals surface area (Å²) in [4.78, 5) is 54.2. The monoisotopic (exact) mass is 468 g/mol. The van der Waals surface area contributed by atoms with Crippen LogP contribution in [0.25, 0.3) is 0 Å². The fraction of sp³-hybridized carbons (Fsp3) is 0. The lowest BCUT2D eigenvalue weighted by molar-refractivity contribution is 0.0681. The summed E-state index contributed by atoms with van der Waals surface area (Å²) in [5.74, 6) is -4.25. The molecule has 4 aromatic rings. The Morgan fingerprint density at radius 1 is 0.500 bits per heavy atom. The van der Waals surface area contributed by atoms with E-state index in [-0.39, 0.29) is 22.3 Å². The zero-order valence-corrected chi connectivity index (χ0v) is 17.4. The van der Waals surface area contributed by atoms with E-state index in [0.717, 1.165) is 0 Å². The van der Waals surface area contributed by atoms with Gasteiger partial charge in [0.25, 0.3) is 0 Å². The highest BCUT2D eigenvalue weighted by Gasteiger charge is 2.05. The molecular formula is C22H20N4O8. The van der Waals surface area contributed by atoms with Crippen LogP contribution in [0.4, 0.5) is 0 Å². The summed E-state index contributed by atoms with van der Waals surface area (Å²) in [6.45, 7) is 0. The van der Waals surface area contributed by atoms with E-state index in [0.29, 0.717) is 0 Å². The number of hydrogen-bond donors (Lipinski definition) is 6. The van der Waals surface area contributed by atoms with Crippen LogP contribution < -0.4 is 0 Å². The zero-order valence-electron chi connectivity index (χ0n) is 17.4. The van der Waals surface area contributed by atoms with Gasteiger partial charge in [-0.25, -0.2) is 29.1 Å². The van der Waals surface area contributed by atoms with Crippen molar-refractivity contribution in [2.24, 2.45) is 0 Å². The van der Waals surface area contributed by atoms with E-state index in [4.69, 9.17) is 20.4 Å². The second-order valence-corrected chi connectivity index (χ2v) is 5.90. The third-order valence-electron chi connectivity index (χ3n) is 3.57. The third kappa shape index (κ3) is 10.7. The van der Waals surface area contributed by atoms with E-state index in [9.17, 15) is 19.2 Å². The van der Waals surface area contributed by atoms with Gasteiger partial charge in [0.1, 0.15) is 0 Å². The maximum Gasteiger partial charge on any atom is 0.335 e. The lowest BCUT2D eigenvalue weighted by Gasteiger charge is -1.94. The predicted molar refractivity (Wildman–Crippen MR) is 118 cm³/mol. The summed E-state index contributed by atoms with van der Waals surface area (Å²) in [5, 5.41) is 33.9. The largest absolute Gasteiger partial charge is 0.478 e. The Morgan fingerprint density at radius 3 is 0.824 bits per heavy atom. The number of nitrogens with zero attached hydrogens (tertiary/aromatic N) is 2. The molecule has 0 atom stereocenters. The minimum absolute atomic E-state index is 0.0833. The topological polar surface area (TPSA) is 207 Å². The Hall–Kier alpha value is -5.26. The fourth-order valence-electron chi connectivity index (χ4n) is 1.94. The molecule has 6 N–H and O–H groups in total. The highest BCUT2D eigenvalue weighted by molar-refractivity contribution is 5.92. The number of carboxylic acid groups (broad SMARTS) is 4. The number of carbonyl (C=O) groups is 4. The van der Waals surface area contributed by atoms with Crippen molar-refractivity contribution in [1.29, 1.82) is 0 Å². The molecule has 2 aromatic heterocycles. The quantitative estimate of drug-likeness (QED) is 0.258. The standard InChI is InChI=1S/2C8H6O4.2C3H4N2/c2*9-7(10)5-1-2-6(4-3-5)8(11)12;2*1-2-5-3-4-1/h2*1-4H,(H,9,10)(H,11,12);2*1-3H,(H,4,5). The van der Waals surface area contributed by atoms with Crippen molar-refractivity contribution in [1.82, 2.24) is 19.9 Å². The van der Waals surface area contributed by atoms with Gasteiger partial charge >= 0.3 is 23.9 Å². The zero-order chi connectivity index (χ0) is 25.3. The number of imidazole rings is 2. The molecular weight excluding hydrogens is 448 g/mol. The molecule has 0 aliphatic heterocycles. The second-order valence-electron chi connectivity index (χ2n) is 5.90. The molecule has 2 heterocycles. The number of aromatic nitrogens is 4. The number of aromatic carboxylic acids is 4. The Labute approximate surface area is 192 Å². The van der Waals surface area contributed by atoms with Crippen LogP contribution in [0.5, 0.6) is 0 Å². The van der Waals surface area contributed by atoms with Gasteiger partial charge < -0.3 is 30.4 Å². The first-order valence-electron chi connectivity index (χ1n) is 9.21. The summed E-state index contributed by atoms with van der Waals surface area (Å²) in [6.07, 6.45) is 10.2. The third-order valence-corrected chi connectivity index (χ3v) is 3.57. The summed E-state index contributed by atoms with van der Waals surface area (Å²) < 4.78 is 0. The van der Waals surface area contributed by atoms with Gasteiger partial charge in [-0.05, 0) is 48.5 Å². The van der Waals surface area contributed by atoms with Crippen LogP contribution in [0, 0.1) is 0 Å². The van der Waals surface area contributed by atoms with Crippen molar-refractivity contribution in [3.8, 4) is 0 Å². The van der Waals surface area contributed by atoms with Gasteiger partial charge in [-0.3, -0.25) is 0 Å². The molecule has 0 spiro atoms. The van der Waals surface area contributed by atoms with Gasteiger partial charge in [0.15, 0.2) is 0 Å². The molecule has 0 aliphatic carbocycles. The first-order chi connectivity index (χ1) is 16.2. The van der Waals surface area contributed by atoms with E-state index in [1.165, 1.54) is 48.5 Å². The summed E-state index contributed by atoms with van der Waals surface area (Å²) in [6, 6.07) is 10.0. The maximum absolute atomic E-state index is 10.3. The van der Waals surface area contributed by atoms with Crippen molar-refractivity contribution in [3.05, 3.63) is 108 Å². The molecule has 34 heavy (non-hydrogen) atoms. The SMILES string of the molecule is O=C(O)c1ccc(C(=O)O)cc1.O=C(O)c1ccc(C(=O)O)cc1.c1c[nH]cn1.c1c[nH]cn1. The van der Waals surface area contributed by atoms with Crippen LogP contribution in [-0.2, 0) is 0 Å². The average molecular weight is 468 g/mol. The number of H-pyrrole nitrogens is 2. The molecule has 0 bridgehead atoms. The van der Waals surface area contributed by atoms with Crippen molar-refractivity contribution >= 4 is 23.9 Å². The number of rotatable bonds is 4. The molecule has 0 amide bonds. The van der Waals surface area contributed by atoms with Gasteiger partial charge in [-0.2, -0.15) is 0 Å². The van der Waals surface area contributed by atoms with Crippen molar-refractivity contribution < 1.29 is 39.6 Å². The highest BCUT2D eigenvalue weighted by atomic mass is 16.4. The first kappa shape index (κ1) is 26.8. The van der Waals surface area contributed by atoms with Gasteiger partial charge in [-0.1, -0.05) is 0 Å². The molecule has 4 rings (SSSR count). The van der Waals surface area contributed by atoms with Crippen molar-refractivity contribution in [2.45, 2.75) is 0 Å². The molecule has 0 saturated heterocycles. The van der Waals surface area contributed by atoms with E-state index < -0.39 is 23.9 Å². The molecule has 12 nitrogen and oxygen atoms in total. The van der Waals surface area contributed by atoms with Gasteiger partial charge in [0, 0.05) is 24.8 Å². The fourth-order valence-corrected chi connectivity index (χ4v) is 1.94. The van der Waals surface area contributed by atoms with Crippen LogP contribution in [0.2, 0.25) is 0 Å². The average Bonchev–Trinajstić information content (AvgIpc) is 3.59. The smallest absolute Gasteiger partial charge is 0.335 e. The Morgan fingerprint density at radius 2 is 0.735 bits per heavy atom. The summed E-state index contributed by atoms with van der Waals surface area (Å²) in [5.41, 5.74) is 0.333. The van der Waals surface area contributed by atoms with E-state index in [1.54, 1.807) is 37.4 Å². The molecule has 0 fully saturated rings. The molecule has 0 saturated carbocycles. The highest BCUT2D eigenvalue weighted by Crippen LogP contribution is 2.04. The van der Waals surface area contributed by atoms with Crippen molar-refractivity contribution in [3.63, 3.8) is 0 Å². The Bertz CT molecular complexity index is 947. The van der Waals surface area contributed by atoms with Crippen LogP contribution in [-0.4, -0.2) is 64.2 Å². The van der Waals surface area contributed by atoms with Crippen LogP contribution >= 0.6 is 0 Å². The number of hydrogen-bond acceptors (Lipinski definition) is 6. The lowest BCUT2D eigenvalue weighted by Crippen LogP contribution is -1.99. The summed E-state index contributed by atoms with van der Waals surface area (Å²) in [7, 11) is 0. The van der Waals surface area contributed by atoms with E-state index in [1.807, 2.05) is 0 Å². The van der Waals surface area contributed by atoms with Gasteiger partial charge in [0.2, 0.25) is 0 Å². The van der Waals surface area contributed by atoms with Crippen LogP contribution in [0.3, 0.4) is 0 Å². The lowest BCUT2D eigenvalue weighted by atomic mass is 10.1. The van der Waals surface area contributed by atoms with Gasteiger partial charge in [-0.15, -0.1) is 0 Å². The first-order valence-corrected chi connectivity index (χ1v) is 9.21. The molecule has 2 aromatic carbocycles. The van der Waals surface area contributed by atoms with Crippen molar-refractivity contribution in [2.75, 3.05) is 0 Å². The minimum atomic E-state index is -1.06. The molecule has 0 unspecified atom stereocenters. The number of carboxylic acids is 4. The second kappa shape index (κ2) is 14.7.